The summed E-state index contributed by atoms with van der Waals surface area (Å²) in [5.41, 5.74) is 0.666. The monoisotopic (exact) mass is 473 g/mol. The summed E-state index contributed by atoms with van der Waals surface area (Å²) in [5.74, 6) is 0.627. The lowest BCUT2D eigenvalue weighted by Crippen LogP contribution is -2.42. The second kappa shape index (κ2) is 10.6. The molecule has 2 unspecified atom stereocenters. The number of halogens is 3. The van der Waals surface area contributed by atoms with Crippen LogP contribution in [0.25, 0.3) is 0 Å². The second-order valence-corrected chi connectivity index (χ2v) is 6.06. The maximum atomic E-state index is 10.2. The molecular formula is C15H22Cl2IN3O2. The van der Waals surface area contributed by atoms with Gasteiger partial charge < -0.3 is 20.5 Å². The molecule has 1 aliphatic rings. The van der Waals surface area contributed by atoms with Gasteiger partial charge in [0.15, 0.2) is 5.96 Å². The van der Waals surface area contributed by atoms with Crippen molar-refractivity contribution >= 4 is 53.1 Å². The predicted molar refractivity (Wildman–Crippen MR) is 105 cm³/mol. The SMILES string of the molecule is CN=C(NCC1CCCO1)NCC(O)c1cc(Cl)cc(Cl)c1.I. The molecule has 23 heavy (non-hydrogen) atoms. The number of aliphatic hydroxyl groups excluding tert-OH is 1. The minimum absolute atomic E-state index is 0. The molecule has 5 nitrogen and oxygen atoms in total. The first-order valence-electron chi connectivity index (χ1n) is 7.28. The number of aliphatic hydroxyl groups is 1. The molecule has 1 saturated heterocycles. The molecule has 0 spiro atoms. The van der Waals surface area contributed by atoms with Crippen molar-refractivity contribution in [3.63, 3.8) is 0 Å². The Hall–Kier alpha value is -0.280. The van der Waals surface area contributed by atoms with E-state index in [0.717, 1.165) is 19.4 Å². The van der Waals surface area contributed by atoms with Gasteiger partial charge in [0, 0.05) is 36.8 Å². The van der Waals surface area contributed by atoms with Crippen LogP contribution in [-0.4, -0.2) is 43.9 Å². The summed E-state index contributed by atoms with van der Waals surface area (Å²) < 4.78 is 5.55. The Morgan fingerprint density at radius 2 is 2.04 bits per heavy atom. The van der Waals surface area contributed by atoms with E-state index in [1.807, 2.05) is 0 Å². The standard InChI is InChI=1S/C15H21Cl2N3O2.HI/c1-18-15(19-8-13-3-2-4-22-13)20-9-14(21)10-5-11(16)7-12(17)6-10;/h5-7,13-14,21H,2-4,8-9H2,1H3,(H2,18,19,20);1H. The molecule has 2 atom stereocenters. The lowest BCUT2D eigenvalue weighted by Gasteiger charge is -2.17. The summed E-state index contributed by atoms with van der Waals surface area (Å²) >= 11 is 11.9. The van der Waals surface area contributed by atoms with Gasteiger partial charge >= 0.3 is 0 Å². The van der Waals surface area contributed by atoms with Crippen molar-refractivity contribution in [1.29, 1.82) is 0 Å². The fourth-order valence-electron chi connectivity index (χ4n) is 2.32. The van der Waals surface area contributed by atoms with Crippen LogP contribution in [0.15, 0.2) is 23.2 Å². The highest BCUT2D eigenvalue weighted by Crippen LogP contribution is 2.23. The Morgan fingerprint density at radius 3 is 2.61 bits per heavy atom. The van der Waals surface area contributed by atoms with Gasteiger partial charge in [0.05, 0.1) is 12.2 Å². The minimum atomic E-state index is -0.725. The third-order valence-corrected chi connectivity index (χ3v) is 3.91. The van der Waals surface area contributed by atoms with Crippen molar-refractivity contribution in [2.75, 3.05) is 26.7 Å². The highest BCUT2D eigenvalue weighted by Gasteiger charge is 2.16. The van der Waals surface area contributed by atoms with Gasteiger partial charge in [-0.1, -0.05) is 23.2 Å². The molecule has 0 amide bonds. The molecule has 0 saturated carbocycles. The fourth-order valence-corrected chi connectivity index (χ4v) is 2.86. The van der Waals surface area contributed by atoms with E-state index in [4.69, 9.17) is 27.9 Å². The van der Waals surface area contributed by atoms with Crippen LogP contribution in [0.4, 0.5) is 0 Å². The molecule has 0 radical (unpaired) electrons. The summed E-state index contributed by atoms with van der Waals surface area (Å²) in [6, 6.07) is 5.03. The first kappa shape index (κ1) is 20.8. The third kappa shape index (κ3) is 7.01. The molecule has 1 heterocycles. The maximum Gasteiger partial charge on any atom is 0.191 e. The van der Waals surface area contributed by atoms with Crippen molar-refractivity contribution in [1.82, 2.24) is 10.6 Å². The number of nitrogens with zero attached hydrogens (tertiary/aromatic N) is 1. The average molecular weight is 474 g/mol. The Balaban J connectivity index is 0.00000264. The van der Waals surface area contributed by atoms with E-state index in [0.29, 0.717) is 34.7 Å². The third-order valence-electron chi connectivity index (χ3n) is 3.48. The highest BCUT2D eigenvalue weighted by molar-refractivity contribution is 14.0. The van der Waals surface area contributed by atoms with Crippen LogP contribution in [-0.2, 0) is 4.74 Å². The van der Waals surface area contributed by atoms with Crippen LogP contribution >= 0.6 is 47.2 Å². The molecule has 1 aliphatic heterocycles. The second-order valence-electron chi connectivity index (χ2n) is 5.19. The zero-order valence-electron chi connectivity index (χ0n) is 12.9. The molecule has 0 bridgehead atoms. The molecular weight excluding hydrogens is 452 g/mol. The number of benzene rings is 1. The largest absolute Gasteiger partial charge is 0.387 e. The Labute approximate surface area is 163 Å². The van der Waals surface area contributed by atoms with E-state index in [1.165, 1.54) is 0 Å². The van der Waals surface area contributed by atoms with E-state index < -0.39 is 6.10 Å². The number of hydrogen-bond acceptors (Lipinski definition) is 3. The van der Waals surface area contributed by atoms with Crippen LogP contribution in [0.1, 0.15) is 24.5 Å². The number of rotatable bonds is 5. The average Bonchev–Trinajstić information content (AvgIpc) is 2.99. The van der Waals surface area contributed by atoms with Gasteiger partial charge in [0.2, 0.25) is 0 Å². The molecule has 0 aliphatic carbocycles. The lowest BCUT2D eigenvalue weighted by molar-refractivity contribution is 0.113. The van der Waals surface area contributed by atoms with Gasteiger partial charge in [-0.25, -0.2) is 0 Å². The van der Waals surface area contributed by atoms with E-state index in [-0.39, 0.29) is 30.1 Å². The zero-order valence-corrected chi connectivity index (χ0v) is 16.7. The van der Waals surface area contributed by atoms with Crippen LogP contribution < -0.4 is 10.6 Å². The number of aliphatic imine (C=N–C) groups is 1. The van der Waals surface area contributed by atoms with E-state index in [2.05, 4.69) is 15.6 Å². The van der Waals surface area contributed by atoms with Gasteiger partial charge in [0.1, 0.15) is 0 Å². The zero-order chi connectivity index (χ0) is 15.9. The van der Waals surface area contributed by atoms with Crippen molar-refractivity contribution in [3.8, 4) is 0 Å². The highest BCUT2D eigenvalue weighted by atomic mass is 127. The molecule has 1 aromatic carbocycles. The van der Waals surface area contributed by atoms with Crippen LogP contribution in [0.2, 0.25) is 10.0 Å². The number of hydrogen-bond donors (Lipinski definition) is 3. The van der Waals surface area contributed by atoms with Crippen molar-refractivity contribution in [2.24, 2.45) is 4.99 Å². The molecule has 1 fully saturated rings. The quantitative estimate of drug-likeness (QED) is 0.349. The normalized spacial score (nSPS) is 19.1. The molecule has 1 aromatic rings. The van der Waals surface area contributed by atoms with Crippen LogP contribution in [0, 0.1) is 0 Å². The lowest BCUT2D eigenvalue weighted by atomic mass is 10.1. The summed E-state index contributed by atoms with van der Waals surface area (Å²) in [6.07, 6.45) is 1.67. The van der Waals surface area contributed by atoms with Gasteiger partial charge in [-0.15, -0.1) is 24.0 Å². The van der Waals surface area contributed by atoms with Crippen molar-refractivity contribution in [3.05, 3.63) is 33.8 Å². The first-order valence-corrected chi connectivity index (χ1v) is 8.04. The van der Waals surface area contributed by atoms with Gasteiger partial charge in [-0.05, 0) is 36.6 Å². The first-order chi connectivity index (χ1) is 10.6. The van der Waals surface area contributed by atoms with E-state index in [9.17, 15) is 5.11 Å². The van der Waals surface area contributed by atoms with Gasteiger partial charge in [0.25, 0.3) is 0 Å². The predicted octanol–water partition coefficient (Wildman–Crippen LogP) is 2.99. The summed E-state index contributed by atoms with van der Waals surface area (Å²) in [6.45, 7) is 1.84. The van der Waals surface area contributed by atoms with E-state index >= 15 is 0 Å². The van der Waals surface area contributed by atoms with Crippen molar-refractivity contribution in [2.45, 2.75) is 25.0 Å². The summed E-state index contributed by atoms with van der Waals surface area (Å²) in [5, 5.41) is 17.5. The molecule has 130 valence electrons. The minimum Gasteiger partial charge on any atom is -0.387 e. The topological polar surface area (TPSA) is 65.9 Å². The Kier molecular flexibility index (Phi) is 9.53. The van der Waals surface area contributed by atoms with E-state index in [1.54, 1.807) is 25.2 Å². The Bertz CT molecular complexity index is 505. The number of ether oxygens (including phenoxy) is 1. The molecule has 2 rings (SSSR count). The number of guanidine groups is 1. The number of nitrogens with one attached hydrogen (secondary N) is 2. The Morgan fingerprint density at radius 1 is 1.35 bits per heavy atom. The van der Waals surface area contributed by atoms with Crippen molar-refractivity contribution < 1.29 is 9.84 Å². The summed E-state index contributed by atoms with van der Waals surface area (Å²) in [4.78, 5) is 4.13. The van der Waals surface area contributed by atoms with Crippen LogP contribution in [0.5, 0.6) is 0 Å². The molecule has 8 heteroatoms. The molecule has 3 N–H and O–H groups in total. The molecule has 0 aromatic heterocycles. The van der Waals surface area contributed by atoms with Gasteiger partial charge in [-0.2, -0.15) is 0 Å². The van der Waals surface area contributed by atoms with Crippen LogP contribution in [0.3, 0.4) is 0 Å². The summed E-state index contributed by atoms with van der Waals surface area (Å²) in [7, 11) is 1.69. The fraction of sp³-hybridized carbons (Fsp3) is 0.533. The smallest absolute Gasteiger partial charge is 0.191 e. The maximum absolute atomic E-state index is 10.2. The van der Waals surface area contributed by atoms with Gasteiger partial charge in [-0.3, -0.25) is 4.99 Å².